The van der Waals surface area contributed by atoms with Crippen molar-refractivity contribution in [2.45, 2.75) is 33.9 Å². The monoisotopic (exact) mass is 342 g/mol. The number of rotatable bonds is 6. The Hall–Kier alpha value is -2.69. The SMILES string of the molecule is Cc1cccc(CNC(=O)C(C)(C)C(=O)NCc2ccc(F)cc2)c1. The predicted molar refractivity (Wildman–Crippen MR) is 95.1 cm³/mol. The smallest absolute Gasteiger partial charge is 0.235 e. The van der Waals surface area contributed by atoms with Gasteiger partial charge in [-0.2, -0.15) is 0 Å². The van der Waals surface area contributed by atoms with Crippen molar-refractivity contribution in [3.8, 4) is 0 Å². The molecule has 0 radical (unpaired) electrons. The minimum atomic E-state index is -1.20. The first kappa shape index (κ1) is 18.6. The molecule has 2 aromatic carbocycles. The number of carbonyl (C=O) groups excluding carboxylic acids is 2. The van der Waals surface area contributed by atoms with Crippen molar-refractivity contribution < 1.29 is 14.0 Å². The second-order valence-corrected chi connectivity index (χ2v) is 6.61. The van der Waals surface area contributed by atoms with Crippen LogP contribution in [0, 0.1) is 18.2 Å². The van der Waals surface area contributed by atoms with E-state index in [1.807, 2.05) is 31.2 Å². The molecule has 2 aromatic rings. The van der Waals surface area contributed by atoms with Crippen molar-refractivity contribution in [3.05, 3.63) is 71.0 Å². The van der Waals surface area contributed by atoms with Crippen LogP contribution in [0.5, 0.6) is 0 Å². The van der Waals surface area contributed by atoms with Gasteiger partial charge in [0.05, 0.1) is 0 Å². The third kappa shape index (κ3) is 5.14. The minimum absolute atomic E-state index is 0.244. The van der Waals surface area contributed by atoms with E-state index in [1.54, 1.807) is 26.0 Å². The largest absolute Gasteiger partial charge is 0.351 e. The van der Waals surface area contributed by atoms with Gasteiger partial charge in [0, 0.05) is 13.1 Å². The van der Waals surface area contributed by atoms with Crippen molar-refractivity contribution >= 4 is 11.8 Å². The number of hydrogen-bond donors (Lipinski definition) is 2. The molecule has 0 unspecified atom stereocenters. The van der Waals surface area contributed by atoms with Gasteiger partial charge in [0.15, 0.2) is 0 Å². The van der Waals surface area contributed by atoms with Crippen molar-refractivity contribution in [1.82, 2.24) is 10.6 Å². The lowest BCUT2D eigenvalue weighted by molar-refractivity contribution is -0.141. The van der Waals surface area contributed by atoms with Gasteiger partial charge in [-0.25, -0.2) is 4.39 Å². The van der Waals surface area contributed by atoms with Crippen LogP contribution in [0.3, 0.4) is 0 Å². The number of hydrogen-bond acceptors (Lipinski definition) is 2. The van der Waals surface area contributed by atoms with Crippen LogP contribution >= 0.6 is 0 Å². The van der Waals surface area contributed by atoms with Crippen LogP contribution in [0.1, 0.15) is 30.5 Å². The van der Waals surface area contributed by atoms with E-state index in [-0.39, 0.29) is 24.2 Å². The summed E-state index contributed by atoms with van der Waals surface area (Å²) in [4.78, 5) is 24.8. The Kier molecular flexibility index (Phi) is 5.91. The molecule has 2 rings (SSSR count). The standard InChI is InChI=1S/C20H23FN2O2/c1-14-5-4-6-16(11-14)13-23-19(25)20(2,3)18(24)22-12-15-7-9-17(21)10-8-15/h4-11H,12-13H2,1-3H3,(H,22,24)(H,23,25). The van der Waals surface area contributed by atoms with E-state index in [2.05, 4.69) is 10.6 Å². The van der Waals surface area contributed by atoms with E-state index in [1.165, 1.54) is 12.1 Å². The molecule has 0 fully saturated rings. The van der Waals surface area contributed by atoms with Crippen LogP contribution in [0.25, 0.3) is 0 Å². The second kappa shape index (κ2) is 7.92. The van der Waals surface area contributed by atoms with Crippen molar-refractivity contribution in [1.29, 1.82) is 0 Å². The minimum Gasteiger partial charge on any atom is -0.351 e. The summed E-state index contributed by atoms with van der Waals surface area (Å²) in [6.45, 7) is 5.76. The Morgan fingerprint density at radius 1 is 0.920 bits per heavy atom. The first-order valence-corrected chi connectivity index (χ1v) is 8.15. The molecule has 132 valence electrons. The summed E-state index contributed by atoms with van der Waals surface area (Å²) in [6.07, 6.45) is 0. The van der Waals surface area contributed by atoms with Crippen molar-refractivity contribution in [3.63, 3.8) is 0 Å². The van der Waals surface area contributed by atoms with Gasteiger partial charge in [0.25, 0.3) is 0 Å². The number of nitrogens with one attached hydrogen (secondary N) is 2. The summed E-state index contributed by atoms with van der Waals surface area (Å²) in [6, 6.07) is 13.7. The van der Waals surface area contributed by atoms with Crippen LogP contribution in [0.15, 0.2) is 48.5 Å². The fraction of sp³-hybridized carbons (Fsp3) is 0.300. The molecule has 0 aliphatic carbocycles. The Labute approximate surface area is 147 Å². The summed E-state index contributed by atoms with van der Waals surface area (Å²) in [5, 5.41) is 5.53. The fourth-order valence-corrected chi connectivity index (χ4v) is 2.33. The van der Waals surface area contributed by atoms with Gasteiger partial charge in [0.1, 0.15) is 11.2 Å². The van der Waals surface area contributed by atoms with Gasteiger partial charge in [-0.1, -0.05) is 42.0 Å². The molecule has 0 atom stereocenters. The fourth-order valence-electron chi connectivity index (χ4n) is 2.33. The highest BCUT2D eigenvalue weighted by Crippen LogP contribution is 2.16. The maximum atomic E-state index is 12.9. The maximum Gasteiger partial charge on any atom is 0.235 e. The summed E-state index contributed by atoms with van der Waals surface area (Å²) >= 11 is 0. The molecular weight excluding hydrogens is 319 g/mol. The third-order valence-electron chi connectivity index (χ3n) is 4.04. The maximum absolute atomic E-state index is 12.9. The Morgan fingerprint density at radius 2 is 1.48 bits per heavy atom. The van der Waals surface area contributed by atoms with Gasteiger partial charge >= 0.3 is 0 Å². The first-order valence-electron chi connectivity index (χ1n) is 8.15. The number of benzene rings is 2. The van der Waals surface area contributed by atoms with Gasteiger partial charge < -0.3 is 10.6 Å². The molecule has 0 aliphatic heterocycles. The molecule has 25 heavy (non-hydrogen) atoms. The van der Waals surface area contributed by atoms with Gasteiger partial charge in [-0.3, -0.25) is 9.59 Å². The van der Waals surface area contributed by atoms with Crippen LogP contribution in [0.2, 0.25) is 0 Å². The molecule has 0 saturated heterocycles. The highest BCUT2D eigenvalue weighted by Gasteiger charge is 2.35. The van der Waals surface area contributed by atoms with E-state index >= 15 is 0 Å². The molecule has 4 nitrogen and oxygen atoms in total. The molecule has 0 aliphatic rings. The summed E-state index contributed by atoms with van der Waals surface area (Å²) in [7, 11) is 0. The highest BCUT2D eigenvalue weighted by atomic mass is 19.1. The van der Waals surface area contributed by atoms with Crippen molar-refractivity contribution in [2.24, 2.45) is 5.41 Å². The quantitative estimate of drug-likeness (QED) is 0.793. The Bertz CT molecular complexity index is 755. The zero-order valence-electron chi connectivity index (χ0n) is 14.7. The second-order valence-electron chi connectivity index (χ2n) is 6.61. The van der Waals surface area contributed by atoms with Crippen LogP contribution in [-0.4, -0.2) is 11.8 Å². The lowest BCUT2D eigenvalue weighted by atomic mass is 9.91. The zero-order valence-corrected chi connectivity index (χ0v) is 14.7. The molecule has 2 amide bonds. The van der Waals surface area contributed by atoms with Crippen LogP contribution in [0.4, 0.5) is 4.39 Å². The summed E-state index contributed by atoms with van der Waals surface area (Å²) < 4.78 is 12.9. The summed E-state index contributed by atoms with van der Waals surface area (Å²) in [5.41, 5.74) is 1.66. The van der Waals surface area contributed by atoms with Gasteiger partial charge in [-0.15, -0.1) is 0 Å². The molecule has 0 heterocycles. The van der Waals surface area contributed by atoms with E-state index in [0.717, 1.165) is 16.7 Å². The van der Waals surface area contributed by atoms with E-state index in [4.69, 9.17) is 0 Å². The van der Waals surface area contributed by atoms with Crippen LogP contribution < -0.4 is 10.6 Å². The zero-order chi connectivity index (χ0) is 18.4. The van der Waals surface area contributed by atoms with E-state index < -0.39 is 5.41 Å². The number of halogens is 1. The number of carbonyl (C=O) groups is 2. The van der Waals surface area contributed by atoms with Gasteiger partial charge in [-0.05, 0) is 44.0 Å². The average molecular weight is 342 g/mol. The summed E-state index contributed by atoms with van der Waals surface area (Å²) in [5.74, 6) is -1.05. The first-order chi connectivity index (χ1) is 11.8. The lowest BCUT2D eigenvalue weighted by Gasteiger charge is -2.23. The predicted octanol–water partition coefficient (Wildman–Crippen LogP) is 3.09. The third-order valence-corrected chi connectivity index (χ3v) is 4.04. The average Bonchev–Trinajstić information content (AvgIpc) is 2.58. The lowest BCUT2D eigenvalue weighted by Crippen LogP contribution is -2.47. The van der Waals surface area contributed by atoms with Crippen molar-refractivity contribution in [2.75, 3.05) is 0 Å². The molecule has 2 N–H and O–H groups in total. The number of amides is 2. The molecule has 5 heteroatoms. The molecular formula is C20H23FN2O2. The Morgan fingerprint density at radius 3 is 2.04 bits per heavy atom. The Balaban J connectivity index is 1.90. The van der Waals surface area contributed by atoms with E-state index in [9.17, 15) is 14.0 Å². The van der Waals surface area contributed by atoms with Crippen LogP contribution in [-0.2, 0) is 22.7 Å². The molecule has 0 aromatic heterocycles. The molecule has 0 spiro atoms. The normalized spacial score (nSPS) is 11.0. The molecule has 0 saturated carbocycles. The highest BCUT2D eigenvalue weighted by molar-refractivity contribution is 6.04. The number of aryl methyl sites for hydroxylation is 1. The molecule has 0 bridgehead atoms. The van der Waals surface area contributed by atoms with E-state index in [0.29, 0.717) is 6.54 Å². The van der Waals surface area contributed by atoms with Gasteiger partial charge in [0.2, 0.25) is 11.8 Å². The topological polar surface area (TPSA) is 58.2 Å².